The monoisotopic (exact) mass is 219 g/mol. The van der Waals surface area contributed by atoms with Gasteiger partial charge in [0, 0.05) is 6.08 Å². The maximum atomic E-state index is 11.1. The third-order valence-corrected chi connectivity index (χ3v) is 1.77. The van der Waals surface area contributed by atoms with Crippen molar-refractivity contribution in [2.24, 2.45) is 0 Å². The molecular weight excluding hydrogens is 208 g/mol. The highest BCUT2D eigenvalue weighted by Crippen LogP contribution is 2.05. The Morgan fingerprint density at radius 3 is 2.50 bits per heavy atom. The van der Waals surface area contributed by atoms with Gasteiger partial charge < -0.3 is 10.2 Å². The fraction of sp³-hybridized carbons (Fsp3) is 0. The summed E-state index contributed by atoms with van der Waals surface area (Å²) in [4.78, 5) is 21.5. The highest BCUT2D eigenvalue weighted by atomic mass is 16.4. The molecule has 0 saturated carbocycles. The molecule has 4 nitrogen and oxygen atoms in total. The van der Waals surface area contributed by atoms with Crippen molar-refractivity contribution in [2.75, 3.05) is 0 Å². The lowest BCUT2D eigenvalue weighted by molar-refractivity contribution is -0.134. The average Bonchev–Trinajstić information content (AvgIpc) is 2.34. The molecule has 0 heterocycles. The molecule has 0 aliphatic carbocycles. The van der Waals surface area contributed by atoms with Crippen molar-refractivity contribution in [2.45, 2.75) is 0 Å². The van der Waals surface area contributed by atoms with Crippen LogP contribution in [0.4, 0.5) is 0 Å². The van der Waals surface area contributed by atoms with Gasteiger partial charge in [0.25, 0.3) is 1.43 Å². The SMILES string of the molecule is [2H]OC(=O)C(/C=C/c1ccccc1)=C/C(=O)O. The number of hydrogen-bond acceptors (Lipinski definition) is 3. The van der Waals surface area contributed by atoms with Gasteiger partial charge in [-0.1, -0.05) is 36.4 Å². The zero-order valence-corrected chi connectivity index (χ0v) is 8.29. The molecule has 16 heavy (non-hydrogen) atoms. The van der Waals surface area contributed by atoms with Crippen LogP contribution in [0.5, 0.6) is 0 Å². The third-order valence-electron chi connectivity index (χ3n) is 1.77. The number of benzene rings is 1. The van der Waals surface area contributed by atoms with Crippen molar-refractivity contribution >= 4 is 18.0 Å². The second-order valence-corrected chi connectivity index (χ2v) is 2.97. The van der Waals surface area contributed by atoms with Crippen molar-refractivity contribution in [3.8, 4) is 0 Å². The molecule has 0 spiro atoms. The molecule has 0 fully saturated rings. The molecule has 0 saturated heterocycles. The summed E-state index contributed by atoms with van der Waals surface area (Å²) in [7, 11) is 0. The van der Waals surface area contributed by atoms with E-state index < -0.39 is 11.9 Å². The van der Waals surface area contributed by atoms with E-state index in [9.17, 15) is 9.59 Å². The van der Waals surface area contributed by atoms with Crippen LogP contribution in [-0.4, -0.2) is 22.2 Å². The Hall–Kier alpha value is -2.36. The molecule has 1 rings (SSSR count). The first kappa shape index (κ1) is 10.2. The van der Waals surface area contributed by atoms with Crippen molar-refractivity contribution in [1.82, 2.24) is 0 Å². The molecular formula is C12H10O4. The summed E-state index contributed by atoms with van der Waals surface area (Å²) >= 11 is 0. The van der Waals surface area contributed by atoms with E-state index in [0.29, 0.717) is 6.08 Å². The molecule has 1 aromatic rings. The fourth-order valence-electron chi connectivity index (χ4n) is 1.06. The van der Waals surface area contributed by atoms with Crippen molar-refractivity contribution < 1.29 is 19.8 Å². The van der Waals surface area contributed by atoms with Gasteiger partial charge >= 0.3 is 11.9 Å². The van der Waals surface area contributed by atoms with Gasteiger partial charge in [-0.05, 0) is 11.6 Å². The second kappa shape index (κ2) is 5.50. The van der Waals surface area contributed by atoms with Gasteiger partial charge in [-0.15, -0.1) is 0 Å². The van der Waals surface area contributed by atoms with E-state index >= 15 is 0 Å². The van der Waals surface area contributed by atoms with Crippen molar-refractivity contribution in [1.29, 1.82) is 1.43 Å². The molecule has 0 bridgehead atoms. The Labute approximate surface area is 93.6 Å². The first-order chi connectivity index (χ1) is 8.13. The molecule has 0 atom stereocenters. The average molecular weight is 219 g/mol. The van der Waals surface area contributed by atoms with Crippen molar-refractivity contribution in [3.05, 3.63) is 53.6 Å². The molecule has 0 aliphatic heterocycles. The molecule has 1 aromatic carbocycles. The Balaban J connectivity index is 2.91. The van der Waals surface area contributed by atoms with Crippen LogP contribution in [-0.2, 0) is 9.59 Å². The summed E-state index contributed by atoms with van der Waals surface area (Å²) in [5, 5.41) is 12.3. The van der Waals surface area contributed by atoms with Gasteiger partial charge in [0.1, 0.15) is 0 Å². The summed E-state index contributed by atoms with van der Waals surface area (Å²) in [6.07, 6.45) is 3.54. The topological polar surface area (TPSA) is 74.6 Å². The van der Waals surface area contributed by atoms with E-state index in [0.717, 1.165) is 5.56 Å². The lowest BCUT2D eigenvalue weighted by atomic mass is 10.1. The van der Waals surface area contributed by atoms with Crippen LogP contribution >= 0.6 is 0 Å². The fourth-order valence-corrected chi connectivity index (χ4v) is 1.06. The van der Waals surface area contributed by atoms with Crippen molar-refractivity contribution in [3.63, 3.8) is 0 Å². The molecule has 2 N–H and O–H groups in total. The van der Waals surface area contributed by atoms with Crippen LogP contribution in [0.3, 0.4) is 0 Å². The van der Waals surface area contributed by atoms with E-state index in [1.165, 1.54) is 6.08 Å². The first-order valence-electron chi connectivity index (χ1n) is 4.89. The smallest absolute Gasteiger partial charge is 0.335 e. The minimum atomic E-state index is -1.27. The van der Waals surface area contributed by atoms with Crippen LogP contribution in [0.25, 0.3) is 7.51 Å². The second-order valence-electron chi connectivity index (χ2n) is 2.97. The summed E-state index contributed by atoms with van der Waals surface area (Å²) in [5.74, 6) is -2.29. The highest BCUT2D eigenvalue weighted by Gasteiger charge is 2.04. The number of hydrogen-bond donors (Lipinski definition) is 2. The Bertz CT molecular complexity index is 463. The Morgan fingerprint density at radius 1 is 1.25 bits per heavy atom. The zero-order chi connectivity index (χ0) is 12.7. The molecule has 0 unspecified atom stereocenters. The minimum absolute atomic E-state index is 0.198. The highest BCUT2D eigenvalue weighted by molar-refractivity contribution is 5.97. The zero-order valence-electron chi connectivity index (χ0n) is 9.29. The first-order valence-corrected chi connectivity index (χ1v) is 4.48. The molecule has 0 aliphatic rings. The van der Waals surface area contributed by atoms with Crippen LogP contribution < -0.4 is 0 Å². The molecule has 0 aromatic heterocycles. The number of carboxylic acid groups (broad SMARTS) is 2. The molecule has 82 valence electrons. The predicted molar refractivity (Wildman–Crippen MR) is 58.8 cm³/mol. The minimum Gasteiger partial charge on any atom is -0.478 e. The van der Waals surface area contributed by atoms with Gasteiger partial charge in [0.15, 0.2) is 0 Å². The Kier molecular flexibility index (Phi) is 3.50. The normalized spacial score (nSPS) is 12.2. The molecule has 0 radical (unpaired) electrons. The number of rotatable bonds is 4. The van der Waals surface area contributed by atoms with E-state index in [2.05, 4.69) is 5.11 Å². The van der Waals surface area contributed by atoms with Gasteiger partial charge in [-0.2, -0.15) is 0 Å². The molecule has 0 amide bonds. The summed E-state index contributed by atoms with van der Waals surface area (Å²) < 4.78 is 6.45. The number of carboxylic acids is 2. The number of carbonyl (C=O) groups is 2. The lowest BCUT2D eigenvalue weighted by Gasteiger charge is -1.94. The summed E-state index contributed by atoms with van der Waals surface area (Å²) in [6, 6.07) is 9.04. The van der Waals surface area contributed by atoms with Crippen LogP contribution in [0, 0.1) is 0 Å². The summed E-state index contributed by atoms with van der Waals surface area (Å²) in [6.45, 7) is 0. The van der Waals surface area contributed by atoms with Crippen LogP contribution in [0.2, 0.25) is 0 Å². The van der Waals surface area contributed by atoms with E-state index in [1.807, 2.05) is 18.2 Å². The number of aliphatic carboxylic acids is 2. The van der Waals surface area contributed by atoms with Crippen LogP contribution in [0.15, 0.2) is 48.1 Å². The van der Waals surface area contributed by atoms with Gasteiger partial charge in [0.2, 0.25) is 0 Å². The van der Waals surface area contributed by atoms with E-state index in [-0.39, 0.29) is 5.57 Å². The Morgan fingerprint density at radius 2 is 1.94 bits per heavy atom. The van der Waals surface area contributed by atoms with E-state index in [4.69, 9.17) is 6.54 Å². The lowest BCUT2D eigenvalue weighted by Crippen LogP contribution is -2.01. The summed E-state index contributed by atoms with van der Waals surface area (Å²) in [5.41, 5.74) is 0.609. The van der Waals surface area contributed by atoms with Gasteiger partial charge in [-0.3, -0.25) is 0 Å². The standard InChI is InChI=1S/C12H10O4/c13-11(14)8-10(12(15)16)7-6-9-4-2-1-3-5-9/h1-8H,(H,13,14)(H,15,16)/b7-6+,10-8+/i/hD. The maximum Gasteiger partial charge on any atom is 0.335 e. The third kappa shape index (κ3) is 3.79. The quantitative estimate of drug-likeness (QED) is 0.598. The molecule has 4 heteroatoms. The van der Waals surface area contributed by atoms with Gasteiger partial charge in [0.05, 0.1) is 5.57 Å². The maximum absolute atomic E-state index is 11.1. The van der Waals surface area contributed by atoms with E-state index in [1.54, 1.807) is 18.2 Å². The predicted octanol–water partition coefficient (Wildman–Crippen LogP) is 1.80. The van der Waals surface area contributed by atoms with Gasteiger partial charge in [-0.25, -0.2) is 9.59 Å². The van der Waals surface area contributed by atoms with Crippen LogP contribution in [0.1, 0.15) is 5.56 Å². The largest absolute Gasteiger partial charge is 0.478 e.